The molecule has 0 spiro atoms. The summed E-state index contributed by atoms with van der Waals surface area (Å²) in [6.45, 7) is 7.68. The molecule has 32 heavy (non-hydrogen) atoms. The maximum atomic E-state index is 5.56. The monoisotopic (exact) mass is 464 g/mol. The van der Waals surface area contributed by atoms with Crippen LogP contribution in [0.5, 0.6) is 0 Å². The average Bonchev–Trinajstić information content (AvgIpc) is 3.10. The van der Waals surface area contributed by atoms with Crippen molar-refractivity contribution in [2.45, 2.75) is 26.9 Å². The lowest BCUT2D eigenvalue weighted by molar-refractivity contribution is 0.137. The molecule has 3 aromatic heterocycles. The number of hydrogen-bond acceptors (Lipinski definition) is 9. The number of nitrogens with zero attached hydrogens (tertiary/aromatic N) is 6. The van der Waals surface area contributed by atoms with Crippen LogP contribution in [0.1, 0.15) is 18.2 Å². The molecule has 3 heterocycles. The van der Waals surface area contributed by atoms with Crippen LogP contribution in [0.2, 0.25) is 0 Å². The average molecular weight is 465 g/mol. The van der Waals surface area contributed by atoms with Crippen molar-refractivity contribution in [1.82, 2.24) is 30.0 Å². The van der Waals surface area contributed by atoms with Gasteiger partial charge in [0.05, 0.1) is 19.8 Å². The van der Waals surface area contributed by atoms with E-state index in [1.165, 1.54) is 0 Å². The van der Waals surface area contributed by atoms with Gasteiger partial charge < -0.3 is 25.0 Å². The summed E-state index contributed by atoms with van der Waals surface area (Å²) in [5.74, 6) is 1.98. The Bertz CT molecular complexity index is 997. The molecule has 0 bridgehead atoms. The van der Waals surface area contributed by atoms with E-state index in [4.69, 9.17) is 24.5 Å². The number of aromatic nitrogens is 5. The lowest BCUT2D eigenvalue weighted by atomic mass is 10.3. The van der Waals surface area contributed by atoms with Gasteiger partial charge in [0.15, 0.2) is 5.82 Å². The summed E-state index contributed by atoms with van der Waals surface area (Å²) in [4.78, 5) is 16.1. The fourth-order valence-electron chi connectivity index (χ4n) is 3.19. The van der Waals surface area contributed by atoms with E-state index in [2.05, 4.69) is 15.6 Å². The van der Waals surface area contributed by atoms with Crippen LogP contribution >= 0.6 is 12.4 Å². The molecule has 0 amide bonds. The zero-order valence-corrected chi connectivity index (χ0v) is 20.2. The van der Waals surface area contributed by atoms with Crippen LogP contribution in [0.15, 0.2) is 18.3 Å². The number of ether oxygens (including phenoxy) is 2. The highest BCUT2D eigenvalue weighted by atomic mass is 35.5. The van der Waals surface area contributed by atoms with E-state index in [9.17, 15) is 0 Å². The highest BCUT2D eigenvalue weighted by Crippen LogP contribution is 2.28. The third-order valence-electron chi connectivity index (χ3n) is 4.78. The van der Waals surface area contributed by atoms with Crippen LogP contribution in [0.3, 0.4) is 0 Å². The van der Waals surface area contributed by atoms with Crippen LogP contribution < -0.4 is 15.5 Å². The van der Waals surface area contributed by atoms with Crippen LogP contribution in [0.4, 0.5) is 17.6 Å². The smallest absolute Gasteiger partial charge is 0.227 e. The first-order chi connectivity index (χ1) is 15.1. The highest BCUT2D eigenvalue weighted by Gasteiger charge is 2.20. The first-order valence-corrected chi connectivity index (χ1v) is 10.5. The summed E-state index contributed by atoms with van der Waals surface area (Å²) in [6, 6.07) is 3.94. The van der Waals surface area contributed by atoms with Gasteiger partial charge in [-0.2, -0.15) is 10.1 Å². The number of nitrogens with one attached hydrogen (secondary N) is 2. The van der Waals surface area contributed by atoms with Crippen molar-refractivity contribution in [2.24, 2.45) is 0 Å². The second-order valence-corrected chi connectivity index (χ2v) is 7.22. The Balaban J connectivity index is 0.00000363. The molecule has 10 nitrogen and oxygen atoms in total. The number of pyridine rings is 1. The zero-order valence-electron chi connectivity index (χ0n) is 19.4. The van der Waals surface area contributed by atoms with E-state index < -0.39 is 0 Å². The number of likely N-dealkylation sites (N-methyl/N-ethyl adjacent to an activating group) is 1. The predicted molar refractivity (Wildman–Crippen MR) is 129 cm³/mol. The minimum absolute atomic E-state index is 0. The van der Waals surface area contributed by atoms with Gasteiger partial charge in [-0.05, 0) is 38.6 Å². The molecular formula is C21H33ClN8O2. The van der Waals surface area contributed by atoms with Crippen molar-refractivity contribution in [3.05, 3.63) is 29.6 Å². The second kappa shape index (κ2) is 12.5. The van der Waals surface area contributed by atoms with Crippen molar-refractivity contribution in [3.63, 3.8) is 0 Å². The second-order valence-electron chi connectivity index (χ2n) is 7.22. The predicted octanol–water partition coefficient (Wildman–Crippen LogP) is 2.53. The van der Waals surface area contributed by atoms with Crippen molar-refractivity contribution >= 4 is 41.0 Å². The zero-order chi connectivity index (χ0) is 22.2. The Morgan fingerprint density at radius 3 is 2.72 bits per heavy atom. The molecule has 2 N–H and O–H groups in total. The molecule has 0 fully saturated rings. The third-order valence-corrected chi connectivity index (χ3v) is 4.78. The SMILES string of the molecule is CCOCCn1nc(CNC)c2nc(N(C)CCOC)nc(Nc3cc(C)ccn3)c21.Cl. The first kappa shape index (κ1) is 25.7. The third kappa shape index (κ3) is 6.26. The fourth-order valence-corrected chi connectivity index (χ4v) is 3.19. The van der Waals surface area contributed by atoms with Crippen LogP contribution in [0.25, 0.3) is 11.0 Å². The molecule has 0 saturated carbocycles. The molecule has 11 heteroatoms. The molecule has 0 aliphatic heterocycles. The molecule has 0 radical (unpaired) electrons. The van der Waals surface area contributed by atoms with E-state index in [0.29, 0.717) is 51.2 Å². The van der Waals surface area contributed by atoms with E-state index in [1.54, 1.807) is 13.3 Å². The summed E-state index contributed by atoms with van der Waals surface area (Å²) in [5.41, 5.74) is 3.60. The number of anilines is 3. The van der Waals surface area contributed by atoms with Gasteiger partial charge in [-0.25, -0.2) is 9.97 Å². The Kier molecular flexibility index (Phi) is 10.0. The fraction of sp³-hybridized carbons (Fsp3) is 0.524. The van der Waals surface area contributed by atoms with Crippen LogP contribution in [-0.4, -0.2) is 72.3 Å². The largest absolute Gasteiger partial charge is 0.383 e. The Morgan fingerprint density at radius 1 is 1.22 bits per heavy atom. The molecule has 0 unspecified atom stereocenters. The van der Waals surface area contributed by atoms with Crippen molar-refractivity contribution in [3.8, 4) is 0 Å². The highest BCUT2D eigenvalue weighted by molar-refractivity contribution is 5.90. The van der Waals surface area contributed by atoms with Gasteiger partial charge in [-0.3, -0.25) is 4.68 Å². The van der Waals surface area contributed by atoms with Gasteiger partial charge in [0.1, 0.15) is 22.5 Å². The molecule has 0 aliphatic rings. The van der Waals surface area contributed by atoms with Gasteiger partial charge >= 0.3 is 0 Å². The molecule has 3 rings (SSSR count). The van der Waals surface area contributed by atoms with Gasteiger partial charge in [0.25, 0.3) is 0 Å². The molecule has 0 saturated heterocycles. The topological polar surface area (TPSA) is 102 Å². The summed E-state index contributed by atoms with van der Waals surface area (Å²) in [5, 5.41) is 11.4. The maximum absolute atomic E-state index is 5.56. The number of methoxy groups -OCH3 is 1. The minimum atomic E-state index is 0. The van der Waals surface area contributed by atoms with E-state index in [-0.39, 0.29) is 12.4 Å². The molecule has 0 aromatic carbocycles. The van der Waals surface area contributed by atoms with E-state index in [0.717, 1.165) is 28.1 Å². The molecule has 176 valence electrons. The maximum Gasteiger partial charge on any atom is 0.227 e. The van der Waals surface area contributed by atoms with Gasteiger partial charge in [-0.1, -0.05) is 0 Å². The number of rotatable bonds is 12. The van der Waals surface area contributed by atoms with Crippen molar-refractivity contribution in [2.75, 3.05) is 57.8 Å². The van der Waals surface area contributed by atoms with E-state index in [1.807, 2.05) is 49.7 Å². The van der Waals surface area contributed by atoms with Gasteiger partial charge in [0.2, 0.25) is 5.95 Å². The Morgan fingerprint density at radius 2 is 2.03 bits per heavy atom. The summed E-state index contributed by atoms with van der Waals surface area (Å²) in [7, 11) is 5.53. The number of halogens is 1. The Hall–Kier alpha value is -2.53. The van der Waals surface area contributed by atoms with Crippen molar-refractivity contribution < 1.29 is 9.47 Å². The summed E-state index contributed by atoms with van der Waals surface area (Å²) < 4.78 is 12.7. The van der Waals surface area contributed by atoms with Gasteiger partial charge in [0, 0.05) is 40.1 Å². The minimum Gasteiger partial charge on any atom is -0.383 e. The first-order valence-electron chi connectivity index (χ1n) is 10.5. The lowest BCUT2D eigenvalue weighted by Gasteiger charge is -2.18. The molecule has 0 aliphatic carbocycles. The Labute approximate surface area is 195 Å². The lowest BCUT2D eigenvalue weighted by Crippen LogP contribution is -2.24. The quantitative estimate of drug-likeness (QED) is 0.391. The van der Waals surface area contributed by atoms with E-state index >= 15 is 0 Å². The van der Waals surface area contributed by atoms with Crippen LogP contribution in [0, 0.1) is 6.92 Å². The number of hydrogen-bond donors (Lipinski definition) is 2. The molecular weight excluding hydrogens is 432 g/mol. The molecule has 3 aromatic rings. The standard InChI is InChI=1S/C21H32N8O2.ClH/c1-6-31-12-10-29-19-18(16(27-29)14-22-3)25-21(28(4)9-11-30-5)26-20(19)24-17-13-15(2)7-8-23-17;/h7-8,13,22H,6,9-12,14H2,1-5H3,(H,23,24,25,26);1H. The summed E-state index contributed by atoms with van der Waals surface area (Å²) in [6.07, 6.45) is 1.78. The molecule has 0 atom stereocenters. The van der Waals surface area contributed by atoms with Gasteiger partial charge in [-0.15, -0.1) is 12.4 Å². The normalized spacial score (nSPS) is 10.9. The number of fused-ring (bicyclic) bond motifs is 1. The van der Waals surface area contributed by atoms with Crippen molar-refractivity contribution in [1.29, 1.82) is 0 Å². The summed E-state index contributed by atoms with van der Waals surface area (Å²) >= 11 is 0. The number of aryl methyl sites for hydroxylation is 1. The van der Waals surface area contributed by atoms with Crippen LogP contribution in [-0.2, 0) is 22.6 Å².